The zero-order valence-corrected chi connectivity index (χ0v) is 18.0. The Morgan fingerprint density at radius 3 is 2.44 bits per heavy atom. The van der Waals surface area contributed by atoms with Crippen LogP contribution >= 0.6 is 23.4 Å². The van der Waals surface area contributed by atoms with Crippen molar-refractivity contribution < 1.29 is 9.72 Å². The van der Waals surface area contributed by atoms with E-state index in [4.69, 9.17) is 11.6 Å². The average Bonchev–Trinajstić information content (AvgIpc) is 3.28. The molecule has 0 fully saturated rings. The van der Waals surface area contributed by atoms with Crippen LogP contribution in [0.2, 0.25) is 5.02 Å². The van der Waals surface area contributed by atoms with Crippen molar-refractivity contribution in [1.29, 1.82) is 0 Å². The van der Waals surface area contributed by atoms with Crippen molar-refractivity contribution in [3.63, 3.8) is 0 Å². The second-order valence-corrected chi connectivity index (χ2v) is 8.12. The predicted octanol–water partition coefficient (Wildman–Crippen LogP) is 5.30. The molecule has 1 amide bonds. The molecule has 0 spiro atoms. The molecule has 0 aliphatic heterocycles. The van der Waals surface area contributed by atoms with Crippen LogP contribution in [0.4, 0.5) is 11.4 Å². The summed E-state index contributed by atoms with van der Waals surface area (Å²) < 4.78 is 1.79. The number of rotatable bonds is 7. The third-order valence-corrected chi connectivity index (χ3v) is 6.06. The van der Waals surface area contributed by atoms with E-state index in [-0.39, 0.29) is 22.3 Å². The second-order valence-electron chi connectivity index (χ2n) is 6.64. The number of anilines is 1. The minimum Gasteiger partial charge on any atom is -0.325 e. The molecule has 0 saturated heterocycles. The number of amides is 1. The van der Waals surface area contributed by atoms with Gasteiger partial charge in [0.1, 0.15) is 16.6 Å². The first-order valence-corrected chi connectivity index (χ1v) is 10.7. The van der Waals surface area contributed by atoms with Gasteiger partial charge in [-0.15, -0.1) is 10.2 Å². The average molecular weight is 466 g/mol. The molecule has 3 aromatic carbocycles. The van der Waals surface area contributed by atoms with E-state index >= 15 is 0 Å². The maximum Gasteiger partial charge on any atom is 0.289 e. The number of benzene rings is 3. The molecule has 160 valence electrons. The number of hydrogen-bond donors (Lipinski definition) is 1. The Bertz CT molecular complexity index is 1250. The van der Waals surface area contributed by atoms with Crippen LogP contribution in [-0.2, 0) is 4.79 Å². The van der Waals surface area contributed by atoms with Crippen molar-refractivity contribution in [3.05, 3.63) is 106 Å². The SMILES string of the molecule is O=C(Nc1ccc(Cl)c([N+](=O)[O-])c1)[C@H](Sc1nncn1-c1ccccc1)c1ccccc1. The molecule has 1 aromatic heterocycles. The van der Waals surface area contributed by atoms with Gasteiger partial charge >= 0.3 is 0 Å². The van der Waals surface area contributed by atoms with Crippen molar-refractivity contribution in [2.75, 3.05) is 5.32 Å². The van der Waals surface area contributed by atoms with Gasteiger partial charge in [0.15, 0.2) is 5.16 Å². The first kappa shape index (κ1) is 21.5. The van der Waals surface area contributed by atoms with E-state index in [1.807, 2.05) is 60.7 Å². The summed E-state index contributed by atoms with van der Waals surface area (Å²) >= 11 is 7.11. The third kappa shape index (κ3) is 4.79. The number of nitrogens with zero attached hydrogens (tertiary/aromatic N) is 4. The van der Waals surface area contributed by atoms with E-state index in [2.05, 4.69) is 15.5 Å². The lowest BCUT2D eigenvalue weighted by Crippen LogP contribution is -2.19. The summed E-state index contributed by atoms with van der Waals surface area (Å²) in [6.45, 7) is 0. The van der Waals surface area contributed by atoms with E-state index in [1.54, 1.807) is 10.9 Å². The molecule has 0 radical (unpaired) electrons. The van der Waals surface area contributed by atoms with Crippen LogP contribution in [0, 0.1) is 10.1 Å². The fourth-order valence-electron chi connectivity index (χ4n) is 3.01. The number of thioether (sulfide) groups is 1. The van der Waals surface area contributed by atoms with Crippen LogP contribution in [0.5, 0.6) is 0 Å². The number of carbonyl (C=O) groups is 1. The summed E-state index contributed by atoms with van der Waals surface area (Å²) in [5, 5.41) is 22.0. The Kier molecular flexibility index (Phi) is 6.48. The van der Waals surface area contributed by atoms with Crippen LogP contribution in [-0.4, -0.2) is 25.6 Å². The molecule has 4 rings (SSSR count). The van der Waals surface area contributed by atoms with Crippen molar-refractivity contribution in [3.8, 4) is 5.69 Å². The highest BCUT2D eigenvalue weighted by molar-refractivity contribution is 8.00. The monoisotopic (exact) mass is 465 g/mol. The standard InChI is InChI=1S/C22H16ClN5O3S/c23-18-12-11-16(13-19(18)28(30)31)25-21(29)20(15-7-3-1-4-8-15)32-22-26-24-14-27(22)17-9-5-2-6-10-17/h1-14,20H,(H,25,29)/t20-/m1/s1. The van der Waals surface area contributed by atoms with E-state index in [0.29, 0.717) is 5.16 Å². The van der Waals surface area contributed by atoms with Gasteiger partial charge in [0.2, 0.25) is 5.91 Å². The lowest BCUT2D eigenvalue weighted by Gasteiger charge is -2.17. The molecule has 4 aromatic rings. The normalized spacial score (nSPS) is 11.7. The number of nitro benzene ring substituents is 1. The van der Waals surface area contributed by atoms with Gasteiger partial charge in [-0.25, -0.2) is 0 Å². The molecule has 0 unspecified atom stereocenters. The number of para-hydroxylation sites is 1. The summed E-state index contributed by atoms with van der Waals surface area (Å²) in [5.41, 5.74) is 1.61. The predicted molar refractivity (Wildman–Crippen MR) is 123 cm³/mol. The molecule has 0 aliphatic carbocycles. The summed E-state index contributed by atoms with van der Waals surface area (Å²) in [7, 11) is 0. The molecule has 0 bridgehead atoms. The van der Waals surface area contributed by atoms with Gasteiger partial charge in [0.25, 0.3) is 5.69 Å². The Hall–Kier alpha value is -3.69. The highest BCUT2D eigenvalue weighted by atomic mass is 35.5. The highest BCUT2D eigenvalue weighted by Gasteiger charge is 2.25. The van der Waals surface area contributed by atoms with E-state index in [0.717, 1.165) is 11.3 Å². The van der Waals surface area contributed by atoms with Crippen LogP contribution < -0.4 is 5.32 Å². The lowest BCUT2D eigenvalue weighted by molar-refractivity contribution is -0.384. The topological polar surface area (TPSA) is 103 Å². The van der Waals surface area contributed by atoms with Crippen LogP contribution in [0.1, 0.15) is 10.8 Å². The zero-order chi connectivity index (χ0) is 22.5. The number of hydrogen-bond acceptors (Lipinski definition) is 6. The van der Waals surface area contributed by atoms with Gasteiger partial charge in [-0.2, -0.15) is 0 Å². The van der Waals surface area contributed by atoms with Crippen molar-refractivity contribution >= 4 is 40.6 Å². The molecule has 0 saturated carbocycles. The molecular formula is C22H16ClN5O3S. The molecule has 10 heteroatoms. The van der Waals surface area contributed by atoms with Crippen LogP contribution in [0.15, 0.2) is 90.3 Å². The van der Waals surface area contributed by atoms with E-state index < -0.39 is 10.2 Å². The van der Waals surface area contributed by atoms with Crippen LogP contribution in [0.3, 0.4) is 0 Å². The third-order valence-electron chi connectivity index (χ3n) is 4.52. The van der Waals surface area contributed by atoms with E-state index in [1.165, 1.54) is 30.0 Å². The minimum atomic E-state index is -0.683. The fourth-order valence-corrected chi connectivity index (χ4v) is 4.23. The first-order chi connectivity index (χ1) is 15.5. The van der Waals surface area contributed by atoms with Crippen molar-refractivity contribution in [2.45, 2.75) is 10.4 Å². The summed E-state index contributed by atoms with van der Waals surface area (Å²) in [6.07, 6.45) is 1.58. The number of halogens is 1. The van der Waals surface area contributed by atoms with Gasteiger partial charge in [-0.1, -0.05) is 71.9 Å². The summed E-state index contributed by atoms with van der Waals surface area (Å²) in [5.74, 6) is -0.361. The summed E-state index contributed by atoms with van der Waals surface area (Å²) in [4.78, 5) is 23.9. The molecule has 1 N–H and O–H groups in total. The lowest BCUT2D eigenvalue weighted by atomic mass is 10.1. The van der Waals surface area contributed by atoms with Crippen molar-refractivity contribution in [2.24, 2.45) is 0 Å². The number of nitrogens with one attached hydrogen (secondary N) is 1. The number of aromatic nitrogens is 3. The Morgan fingerprint density at radius 2 is 1.75 bits per heavy atom. The molecule has 1 heterocycles. The number of carbonyl (C=O) groups excluding carboxylic acids is 1. The second kappa shape index (κ2) is 9.63. The summed E-state index contributed by atoms with van der Waals surface area (Å²) in [6, 6.07) is 22.9. The van der Waals surface area contributed by atoms with Gasteiger partial charge in [0.05, 0.1) is 4.92 Å². The quantitative estimate of drug-likeness (QED) is 0.225. The van der Waals surface area contributed by atoms with Gasteiger partial charge in [0, 0.05) is 17.4 Å². The molecule has 8 nitrogen and oxygen atoms in total. The van der Waals surface area contributed by atoms with Crippen molar-refractivity contribution in [1.82, 2.24) is 14.8 Å². The maximum atomic E-state index is 13.3. The van der Waals surface area contributed by atoms with Gasteiger partial charge in [-0.3, -0.25) is 19.5 Å². The Balaban J connectivity index is 1.65. The van der Waals surface area contributed by atoms with E-state index in [9.17, 15) is 14.9 Å². The van der Waals surface area contributed by atoms with Crippen LogP contribution in [0.25, 0.3) is 5.69 Å². The van der Waals surface area contributed by atoms with Gasteiger partial charge in [-0.05, 0) is 29.8 Å². The molecular weight excluding hydrogens is 450 g/mol. The largest absolute Gasteiger partial charge is 0.325 e. The zero-order valence-electron chi connectivity index (χ0n) is 16.5. The minimum absolute atomic E-state index is 0.00190. The smallest absolute Gasteiger partial charge is 0.289 e. The Labute approximate surface area is 192 Å². The molecule has 32 heavy (non-hydrogen) atoms. The first-order valence-electron chi connectivity index (χ1n) is 9.45. The number of nitro groups is 1. The van der Waals surface area contributed by atoms with Gasteiger partial charge < -0.3 is 5.32 Å². The maximum absolute atomic E-state index is 13.3. The highest BCUT2D eigenvalue weighted by Crippen LogP contribution is 2.36. The fraction of sp³-hybridized carbons (Fsp3) is 0.0455. The Morgan fingerprint density at radius 1 is 1.06 bits per heavy atom. The molecule has 1 atom stereocenters. The molecule has 0 aliphatic rings.